The average molecular weight is 305 g/mol. The first-order valence-corrected chi connectivity index (χ1v) is 5.98. The number of benzene rings is 1. The van der Waals surface area contributed by atoms with Gasteiger partial charge >= 0.3 is 18.1 Å². The Bertz CT molecular complexity index is 513. The molecule has 0 aliphatic carbocycles. The zero-order chi connectivity index (χ0) is 16.2. The number of alkyl halides is 3. The number of carboxylic acid groups (broad SMARTS) is 2. The molecule has 0 fully saturated rings. The third-order valence-electron chi connectivity index (χ3n) is 2.97. The molecule has 5 nitrogen and oxygen atoms in total. The fraction of sp³-hybridized carbons (Fsp3) is 0.385. The number of nitrogens with two attached hydrogens (primary N) is 1. The lowest BCUT2D eigenvalue weighted by Crippen LogP contribution is -2.35. The van der Waals surface area contributed by atoms with E-state index in [-0.39, 0.29) is 12.8 Å². The van der Waals surface area contributed by atoms with Crippen molar-refractivity contribution in [2.45, 2.75) is 25.1 Å². The molecule has 0 aromatic heterocycles. The van der Waals surface area contributed by atoms with Gasteiger partial charge in [-0.1, -0.05) is 12.1 Å². The zero-order valence-electron chi connectivity index (χ0n) is 10.8. The van der Waals surface area contributed by atoms with Crippen LogP contribution in [0.3, 0.4) is 0 Å². The van der Waals surface area contributed by atoms with E-state index in [9.17, 15) is 22.8 Å². The van der Waals surface area contributed by atoms with E-state index in [1.165, 1.54) is 12.1 Å². The van der Waals surface area contributed by atoms with Crippen LogP contribution in [0.25, 0.3) is 0 Å². The molecule has 0 aliphatic rings. The number of rotatable bonds is 6. The molecule has 0 saturated heterocycles. The van der Waals surface area contributed by atoms with Crippen molar-refractivity contribution in [3.8, 4) is 0 Å². The standard InChI is InChI=1S/C13H14F3NO4/c14-13(15,16)9-3-1-7(2-4-9)5-8(11(18)19)6-10(17)12(20)21/h1-4,8,10H,5-6,17H2,(H,18,19)(H,20,21)/t8-,10-/m1/s1. The molecule has 21 heavy (non-hydrogen) atoms. The van der Waals surface area contributed by atoms with Gasteiger partial charge in [0.2, 0.25) is 0 Å². The smallest absolute Gasteiger partial charge is 0.416 e. The van der Waals surface area contributed by atoms with E-state index in [1.54, 1.807) is 0 Å². The van der Waals surface area contributed by atoms with Crippen molar-refractivity contribution in [2.24, 2.45) is 11.7 Å². The van der Waals surface area contributed by atoms with Crippen molar-refractivity contribution in [2.75, 3.05) is 0 Å². The number of aliphatic carboxylic acids is 2. The Kier molecular flexibility index (Phi) is 5.31. The molecule has 0 aliphatic heterocycles. The van der Waals surface area contributed by atoms with Crippen LogP contribution in [0, 0.1) is 5.92 Å². The minimum Gasteiger partial charge on any atom is -0.481 e. The summed E-state index contributed by atoms with van der Waals surface area (Å²) in [5.41, 5.74) is 4.81. The average Bonchev–Trinajstić information content (AvgIpc) is 2.37. The maximum Gasteiger partial charge on any atom is 0.416 e. The largest absolute Gasteiger partial charge is 0.481 e. The van der Waals surface area contributed by atoms with Gasteiger partial charge in [0.1, 0.15) is 6.04 Å². The van der Waals surface area contributed by atoms with Crippen LogP contribution in [-0.4, -0.2) is 28.2 Å². The van der Waals surface area contributed by atoms with Crippen LogP contribution in [-0.2, 0) is 22.2 Å². The van der Waals surface area contributed by atoms with Crippen molar-refractivity contribution in [3.05, 3.63) is 35.4 Å². The number of hydrogen-bond acceptors (Lipinski definition) is 3. The highest BCUT2D eigenvalue weighted by Crippen LogP contribution is 2.29. The summed E-state index contributed by atoms with van der Waals surface area (Å²) in [4.78, 5) is 21.7. The monoisotopic (exact) mass is 305 g/mol. The lowest BCUT2D eigenvalue weighted by molar-refractivity contribution is -0.143. The quantitative estimate of drug-likeness (QED) is 0.743. The van der Waals surface area contributed by atoms with Crippen molar-refractivity contribution in [1.82, 2.24) is 0 Å². The first kappa shape index (κ1) is 17.0. The second-order valence-corrected chi connectivity index (χ2v) is 4.61. The Morgan fingerprint density at radius 1 is 1.10 bits per heavy atom. The first-order valence-electron chi connectivity index (χ1n) is 5.98. The summed E-state index contributed by atoms with van der Waals surface area (Å²) in [7, 11) is 0. The SMILES string of the molecule is N[C@H](C[C@@H](Cc1ccc(C(F)(F)F)cc1)C(=O)O)C(=O)O. The van der Waals surface area contributed by atoms with Gasteiger partial charge in [0.05, 0.1) is 11.5 Å². The normalized spacial score (nSPS) is 14.5. The van der Waals surface area contributed by atoms with Gasteiger partial charge in [0.25, 0.3) is 0 Å². The highest BCUT2D eigenvalue weighted by Gasteiger charge is 2.30. The fourth-order valence-corrected chi connectivity index (χ4v) is 1.79. The Morgan fingerprint density at radius 2 is 1.62 bits per heavy atom. The molecule has 1 aromatic carbocycles. The van der Waals surface area contributed by atoms with Gasteiger partial charge in [-0.25, -0.2) is 0 Å². The van der Waals surface area contributed by atoms with Crippen LogP contribution >= 0.6 is 0 Å². The lowest BCUT2D eigenvalue weighted by atomic mass is 9.92. The lowest BCUT2D eigenvalue weighted by Gasteiger charge is -2.15. The van der Waals surface area contributed by atoms with Gasteiger partial charge in [-0.15, -0.1) is 0 Å². The van der Waals surface area contributed by atoms with Gasteiger partial charge in [-0.3, -0.25) is 9.59 Å². The van der Waals surface area contributed by atoms with Crippen LogP contribution in [0.4, 0.5) is 13.2 Å². The molecule has 1 aromatic rings. The van der Waals surface area contributed by atoms with E-state index < -0.39 is 35.6 Å². The third-order valence-corrected chi connectivity index (χ3v) is 2.97. The van der Waals surface area contributed by atoms with Crippen molar-refractivity contribution >= 4 is 11.9 Å². The number of hydrogen-bond donors (Lipinski definition) is 3. The van der Waals surface area contributed by atoms with Crippen LogP contribution in [0.2, 0.25) is 0 Å². The molecule has 0 spiro atoms. The molecule has 8 heteroatoms. The van der Waals surface area contributed by atoms with Gasteiger partial charge in [0, 0.05) is 0 Å². The second kappa shape index (κ2) is 6.57. The van der Waals surface area contributed by atoms with Gasteiger partial charge < -0.3 is 15.9 Å². The van der Waals surface area contributed by atoms with Crippen molar-refractivity contribution < 1.29 is 33.0 Å². The molecular formula is C13H14F3NO4. The molecule has 0 unspecified atom stereocenters. The van der Waals surface area contributed by atoms with E-state index in [0.29, 0.717) is 5.56 Å². The third kappa shape index (κ3) is 5.07. The highest BCUT2D eigenvalue weighted by molar-refractivity contribution is 5.76. The second-order valence-electron chi connectivity index (χ2n) is 4.61. The summed E-state index contributed by atoms with van der Waals surface area (Å²) in [5, 5.41) is 17.7. The minimum absolute atomic E-state index is 0.0888. The molecule has 4 N–H and O–H groups in total. The Hall–Kier alpha value is -2.09. The minimum atomic E-state index is -4.46. The van der Waals surface area contributed by atoms with E-state index in [4.69, 9.17) is 15.9 Å². The van der Waals surface area contributed by atoms with E-state index in [2.05, 4.69) is 0 Å². The van der Waals surface area contributed by atoms with Gasteiger partial charge in [-0.05, 0) is 30.5 Å². The summed E-state index contributed by atoms with van der Waals surface area (Å²) in [6.07, 6.45) is -4.85. The summed E-state index contributed by atoms with van der Waals surface area (Å²) in [6, 6.07) is 2.72. The van der Waals surface area contributed by atoms with Crippen LogP contribution in [0.5, 0.6) is 0 Å². The first-order chi connectivity index (χ1) is 9.61. The molecule has 0 bridgehead atoms. The van der Waals surface area contributed by atoms with E-state index in [0.717, 1.165) is 12.1 Å². The summed E-state index contributed by atoms with van der Waals surface area (Å²) in [6.45, 7) is 0. The molecule has 116 valence electrons. The van der Waals surface area contributed by atoms with Crippen molar-refractivity contribution in [3.63, 3.8) is 0 Å². The Morgan fingerprint density at radius 3 is 2.00 bits per heavy atom. The van der Waals surface area contributed by atoms with Gasteiger partial charge in [0.15, 0.2) is 0 Å². The Balaban J connectivity index is 2.80. The van der Waals surface area contributed by atoms with E-state index >= 15 is 0 Å². The summed E-state index contributed by atoms with van der Waals surface area (Å²) in [5.74, 6) is -3.65. The summed E-state index contributed by atoms with van der Waals surface area (Å²) >= 11 is 0. The molecule has 1 rings (SSSR count). The molecule has 0 radical (unpaired) electrons. The van der Waals surface area contributed by atoms with Gasteiger partial charge in [-0.2, -0.15) is 13.2 Å². The number of carbonyl (C=O) groups is 2. The maximum atomic E-state index is 12.4. The molecular weight excluding hydrogens is 291 g/mol. The topological polar surface area (TPSA) is 101 Å². The predicted octanol–water partition coefficient (Wildman–Crippen LogP) is 1.75. The van der Waals surface area contributed by atoms with Crippen molar-refractivity contribution in [1.29, 1.82) is 0 Å². The van der Waals surface area contributed by atoms with Crippen LogP contribution < -0.4 is 5.73 Å². The van der Waals surface area contributed by atoms with E-state index in [1.807, 2.05) is 0 Å². The summed E-state index contributed by atoms with van der Waals surface area (Å²) < 4.78 is 37.2. The fourth-order valence-electron chi connectivity index (χ4n) is 1.79. The number of halogens is 3. The predicted molar refractivity (Wildman–Crippen MR) is 66.5 cm³/mol. The van der Waals surface area contributed by atoms with Crippen LogP contribution in [0.15, 0.2) is 24.3 Å². The molecule has 2 atom stereocenters. The number of carboxylic acids is 2. The molecule has 0 heterocycles. The Labute approximate surface area is 118 Å². The zero-order valence-corrected chi connectivity index (χ0v) is 10.8. The molecule has 0 amide bonds. The highest BCUT2D eigenvalue weighted by atomic mass is 19.4. The maximum absolute atomic E-state index is 12.4. The van der Waals surface area contributed by atoms with Crippen LogP contribution in [0.1, 0.15) is 17.5 Å². The molecule has 0 saturated carbocycles.